The molecule has 1 heterocycles. The molecule has 0 saturated carbocycles. The number of carbonyl (C=O) groups excluding carboxylic acids is 1. The Labute approximate surface area is 161 Å². The smallest absolute Gasteiger partial charge is 0.256 e. The third-order valence-corrected chi connectivity index (χ3v) is 5.17. The lowest BCUT2D eigenvalue weighted by Crippen LogP contribution is -2.70. The number of halogens is 3. The summed E-state index contributed by atoms with van der Waals surface area (Å²) < 4.78 is 42.4. The molecular weight excluding hydrogens is 371 g/mol. The molecule has 1 unspecified atom stereocenters. The molecular formula is C20H22F3N3O2. The van der Waals surface area contributed by atoms with Crippen molar-refractivity contribution in [1.29, 1.82) is 0 Å². The maximum absolute atomic E-state index is 14.4. The van der Waals surface area contributed by atoms with Crippen LogP contribution in [0, 0.1) is 24.4 Å². The van der Waals surface area contributed by atoms with Gasteiger partial charge in [0.2, 0.25) is 0 Å². The van der Waals surface area contributed by atoms with Gasteiger partial charge in [0.15, 0.2) is 11.6 Å². The minimum atomic E-state index is -1.27. The highest BCUT2D eigenvalue weighted by molar-refractivity contribution is 6.01. The Kier molecular flexibility index (Phi) is 5.36. The zero-order valence-electron chi connectivity index (χ0n) is 15.8. The zero-order valence-corrected chi connectivity index (χ0v) is 15.8. The van der Waals surface area contributed by atoms with Crippen LogP contribution in [0.25, 0.3) is 0 Å². The van der Waals surface area contributed by atoms with Crippen molar-refractivity contribution < 1.29 is 23.1 Å². The maximum atomic E-state index is 14.4. The van der Waals surface area contributed by atoms with E-state index >= 15 is 0 Å². The predicted molar refractivity (Wildman–Crippen MR) is 100 cm³/mol. The number of anilines is 2. The van der Waals surface area contributed by atoms with Crippen LogP contribution in [-0.4, -0.2) is 47.7 Å². The molecule has 1 atom stereocenters. The first-order chi connectivity index (χ1) is 13.2. The number of nitrogens with zero attached hydrogens (tertiary/aromatic N) is 1. The molecule has 3 N–H and O–H groups in total. The first kappa shape index (κ1) is 20.2. The van der Waals surface area contributed by atoms with E-state index in [0.29, 0.717) is 5.56 Å². The third kappa shape index (κ3) is 3.57. The van der Waals surface area contributed by atoms with Crippen LogP contribution in [0.1, 0.15) is 22.8 Å². The van der Waals surface area contributed by atoms with Crippen LogP contribution in [0.4, 0.5) is 24.5 Å². The summed E-state index contributed by atoms with van der Waals surface area (Å²) in [5.41, 5.74) is -1.09. The summed E-state index contributed by atoms with van der Waals surface area (Å²) >= 11 is 0. The Morgan fingerprint density at radius 2 is 1.86 bits per heavy atom. The minimum absolute atomic E-state index is 0.0468. The van der Waals surface area contributed by atoms with E-state index in [1.54, 1.807) is 27.0 Å². The molecule has 28 heavy (non-hydrogen) atoms. The quantitative estimate of drug-likeness (QED) is 0.731. The minimum Gasteiger partial charge on any atom is -0.385 e. The molecule has 2 aromatic rings. The van der Waals surface area contributed by atoms with Gasteiger partial charge in [-0.15, -0.1) is 0 Å². The fourth-order valence-electron chi connectivity index (χ4n) is 3.18. The molecule has 8 heteroatoms. The molecule has 0 bridgehead atoms. The summed E-state index contributed by atoms with van der Waals surface area (Å²) in [5, 5.41) is 15.9. The second kappa shape index (κ2) is 7.44. The largest absolute Gasteiger partial charge is 0.385 e. The highest BCUT2D eigenvalue weighted by Crippen LogP contribution is 2.32. The summed E-state index contributed by atoms with van der Waals surface area (Å²) in [6, 6.07) is 5.99. The van der Waals surface area contributed by atoms with Crippen molar-refractivity contribution in [2.45, 2.75) is 25.5 Å². The number of nitrogens with one attached hydrogen (secondary N) is 2. The zero-order chi connectivity index (χ0) is 20.6. The van der Waals surface area contributed by atoms with Crippen molar-refractivity contribution in [1.82, 2.24) is 10.2 Å². The number of amides is 1. The van der Waals surface area contributed by atoms with Crippen molar-refractivity contribution in [3.8, 4) is 0 Å². The Morgan fingerprint density at radius 1 is 1.18 bits per heavy atom. The van der Waals surface area contributed by atoms with Gasteiger partial charge in [0.25, 0.3) is 5.91 Å². The molecule has 1 aliphatic rings. The van der Waals surface area contributed by atoms with Gasteiger partial charge in [-0.1, -0.05) is 6.07 Å². The average molecular weight is 393 g/mol. The van der Waals surface area contributed by atoms with Gasteiger partial charge >= 0.3 is 0 Å². The molecule has 0 spiro atoms. The Hall–Kier alpha value is -2.58. The van der Waals surface area contributed by atoms with E-state index in [0.717, 1.165) is 12.1 Å². The van der Waals surface area contributed by atoms with E-state index in [4.69, 9.17) is 0 Å². The molecule has 3 rings (SSSR count). The molecule has 2 aromatic carbocycles. The lowest BCUT2D eigenvalue weighted by Gasteiger charge is -2.49. The normalized spacial score (nSPS) is 16.5. The Balaban J connectivity index is 1.90. The van der Waals surface area contributed by atoms with Gasteiger partial charge in [-0.05, 0) is 50.7 Å². The number of hydrogen-bond donors (Lipinski definition) is 3. The van der Waals surface area contributed by atoms with Crippen LogP contribution in [0.5, 0.6) is 0 Å². The highest BCUT2D eigenvalue weighted by Gasteiger charge is 2.47. The number of β-amino-alcohol motifs (C(OH)–C–C–N with tert-alkyl or cyclic N) is 1. The van der Waals surface area contributed by atoms with Crippen LogP contribution in [-0.2, 0) is 0 Å². The van der Waals surface area contributed by atoms with E-state index in [9.17, 15) is 23.1 Å². The molecule has 150 valence electrons. The summed E-state index contributed by atoms with van der Waals surface area (Å²) in [4.78, 5) is 14.1. The molecule has 0 aromatic heterocycles. The lowest BCUT2D eigenvalue weighted by molar-refractivity contribution is -0.0990. The van der Waals surface area contributed by atoms with Crippen molar-refractivity contribution in [3.63, 3.8) is 0 Å². The summed E-state index contributed by atoms with van der Waals surface area (Å²) in [6.07, 6.45) is 0. The number of hydrogen-bond acceptors (Lipinski definition) is 4. The van der Waals surface area contributed by atoms with Crippen molar-refractivity contribution in [3.05, 3.63) is 58.9 Å². The number of likely N-dealkylation sites (N-methyl/N-ethyl adjacent to an activating group) is 1. The first-order valence-corrected chi connectivity index (χ1v) is 8.86. The van der Waals surface area contributed by atoms with Crippen LogP contribution < -0.4 is 10.6 Å². The Morgan fingerprint density at radius 3 is 2.46 bits per heavy atom. The molecule has 1 aliphatic heterocycles. The topological polar surface area (TPSA) is 64.6 Å². The maximum Gasteiger partial charge on any atom is 0.256 e. The summed E-state index contributed by atoms with van der Waals surface area (Å²) in [7, 11) is 1.70. The van der Waals surface area contributed by atoms with Crippen LogP contribution in [0.15, 0.2) is 30.3 Å². The van der Waals surface area contributed by atoms with Gasteiger partial charge in [0.1, 0.15) is 11.4 Å². The standard InChI is InChI=1S/C20H22F3N3O2/c1-11-4-7-16(15(22)8-11)25-18-13(5-6-14(21)17(18)23)19(27)26-9-20(28,10-26)12(2)24-3/h4-8,12,24-25,28H,9-10H2,1-3H3. The van der Waals surface area contributed by atoms with Crippen molar-refractivity contribution in [2.75, 3.05) is 25.5 Å². The van der Waals surface area contributed by atoms with E-state index in [1.165, 1.54) is 17.0 Å². The molecule has 0 aliphatic carbocycles. The molecule has 0 radical (unpaired) electrons. The third-order valence-electron chi connectivity index (χ3n) is 5.17. The SMILES string of the molecule is CNC(C)C1(O)CN(C(=O)c2ccc(F)c(F)c2Nc2ccc(C)cc2F)C1. The van der Waals surface area contributed by atoms with Gasteiger partial charge in [0, 0.05) is 6.04 Å². The number of benzene rings is 2. The van der Waals surface area contributed by atoms with E-state index in [1.807, 2.05) is 0 Å². The number of aliphatic hydroxyl groups is 1. The van der Waals surface area contributed by atoms with Gasteiger partial charge in [0.05, 0.1) is 30.0 Å². The number of aryl methyl sites for hydroxylation is 1. The molecule has 1 saturated heterocycles. The van der Waals surface area contributed by atoms with Crippen LogP contribution >= 0.6 is 0 Å². The van der Waals surface area contributed by atoms with Gasteiger partial charge in [-0.25, -0.2) is 13.2 Å². The van der Waals surface area contributed by atoms with E-state index in [2.05, 4.69) is 10.6 Å². The van der Waals surface area contributed by atoms with Crippen LogP contribution in [0.3, 0.4) is 0 Å². The number of carbonyl (C=O) groups is 1. The fourth-order valence-corrected chi connectivity index (χ4v) is 3.18. The number of rotatable bonds is 5. The second-order valence-electron chi connectivity index (χ2n) is 7.17. The highest BCUT2D eigenvalue weighted by atomic mass is 19.2. The summed E-state index contributed by atoms with van der Waals surface area (Å²) in [5.74, 6) is -3.66. The van der Waals surface area contributed by atoms with Crippen molar-refractivity contribution in [2.24, 2.45) is 0 Å². The molecule has 1 amide bonds. The Bertz CT molecular complexity index is 914. The molecule has 1 fully saturated rings. The van der Waals surface area contributed by atoms with Crippen LogP contribution in [0.2, 0.25) is 0 Å². The fraction of sp³-hybridized carbons (Fsp3) is 0.350. The predicted octanol–water partition coefficient (Wildman–Crippen LogP) is 2.95. The van der Waals surface area contributed by atoms with E-state index < -0.39 is 34.6 Å². The molecule has 5 nitrogen and oxygen atoms in total. The lowest BCUT2D eigenvalue weighted by atomic mass is 9.86. The average Bonchev–Trinajstić information content (AvgIpc) is 2.63. The first-order valence-electron chi connectivity index (χ1n) is 8.86. The van der Waals surface area contributed by atoms with Gasteiger partial charge in [-0.3, -0.25) is 4.79 Å². The van der Waals surface area contributed by atoms with Crippen molar-refractivity contribution >= 4 is 17.3 Å². The number of likely N-dealkylation sites (tertiary alicyclic amines) is 1. The summed E-state index contributed by atoms with van der Waals surface area (Å²) in [6.45, 7) is 3.57. The second-order valence-corrected chi connectivity index (χ2v) is 7.17. The van der Waals surface area contributed by atoms with Gasteiger partial charge in [-0.2, -0.15) is 0 Å². The monoisotopic (exact) mass is 393 g/mol. The van der Waals surface area contributed by atoms with E-state index in [-0.39, 0.29) is 30.4 Å². The van der Waals surface area contributed by atoms with Gasteiger partial charge < -0.3 is 20.6 Å².